The van der Waals surface area contributed by atoms with Crippen LogP contribution in [0, 0.1) is 0 Å². The molecule has 12 heteroatoms. The molecule has 0 bridgehead atoms. The zero-order chi connectivity index (χ0) is 24.2. The van der Waals surface area contributed by atoms with Gasteiger partial charge in [0.1, 0.15) is 0 Å². The topological polar surface area (TPSA) is 127 Å². The maximum absolute atomic E-state index is 13.3. The van der Waals surface area contributed by atoms with Gasteiger partial charge in [0.15, 0.2) is 0 Å². The minimum absolute atomic E-state index is 0.0324. The summed E-state index contributed by atoms with van der Waals surface area (Å²) < 4.78 is 51.1. The van der Waals surface area contributed by atoms with Crippen molar-refractivity contribution in [2.24, 2.45) is 5.14 Å². The standard InChI is InChI=1S/C21H19BrClN3O5S2/c22-16-3-9-20(10-4-16)33(30,31)26(13-15-1-5-17(23)6-2-15)14-21(27)25-18-7-11-19(12-8-18)32(24,28)29/h1-12H,13-14H2,(H,25,27)(H2,24,28,29). The molecule has 33 heavy (non-hydrogen) atoms. The van der Waals surface area contributed by atoms with E-state index in [9.17, 15) is 21.6 Å². The maximum Gasteiger partial charge on any atom is 0.243 e. The Bertz CT molecular complexity index is 1350. The molecule has 3 aromatic rings. The van der Waals surface area contributed by atoms with Gasteiger partial charge in [-0.3, -0.25) is 4.79 Å². The van der Waals surface area contributed by atoms with Gasteiger partial charge in [0.25, 0.3) is 0 Å². The van der Waals surface area contributed by atoms with Gasteiger partial charge in [0.2, 0.25) is 26.0 Å². The van der Waals surface area contributed by atoms with E-state index >= 15 is 0 Å². The summed E-state index contributed by atoms with van der Waals surface area (Å²) in [4.78, 5) is 12.6. The first kappa shape index (κ1) is 25.3. The lowest BCUT2D eigenvalue weighted by atomic mass is 10.2. The minimum atomic E-state index is -4.02. The lowest BCUT2D eigenvalue weighted by Gasteiger charge is -2.22. The van der Waals surface area contributed by atoms with Gasteiger partial charge in [-0.1, -0.05) is 39.7 Å². The Hall–Kier alpha value is -2.28. The zero-order valence-corrected chi connectivity index (χ0v) is 21.0. The van der Waals surface area contributed by atoms with Crippen LogP contribution >= 0.6 is 27.5 Å². The number of sulfonamides is 2. The van der Waals surface area contributed by atoms with Crippen LogP contribution in [0.1, 0.15) is 5.56 Å². The predicted molar refractivity (Wildman–Crippen MR) is 130 cm³/mol. The van der Waals surface area contributed by atoms with E-state index in [-0.39, 0.29) is 16.3 Å². The van der Waals surface area contributed by atoms with Crippen LogP contribution < -0.4 is 10.5 Å². The Morgan fingerprint density at radius 1 is 0.879 bits per heavy atom. The van der Waals surface area contributed by atoms with Gasteiger partial charge < -0.3 is 5.32 Å². The summed E-state index contributed by atoms with van der Waals surface area (Å²) in [5, 5.41) is 8.14. The van der Waals surface area contributed by atoms with Crippen LogP contribution in [-0.2, 0) is 31.4 Å². The monoisotopic (exact) mass is 571 g/mol. The highest BCUT2D eigenvalue weighted by molar-refractivity contribution is 9.10. The molecule has 3 aromatic carbocycles. The molecule has 8 nitrogen and oxygen atoms in total. The summed E-state index contributed by atoms with van der Waals surface area (Å²) >= 11 is 9.19. The van der Waals surface area contributed by atoms with Crippen molar-refractivity contribution < 1.29 is 21.6 Å². The van der Waals surface area contributed by atoms with Crippen LogP contribution in [0.5, 0.6) is 0 Å². The van der Waals surface area contributed by atoms with E-state index in [1.54, 1.807) is 36.4 Å². The highest BCUT2D eigenvalue weighted by atomic mass is 79.9. The number of nitrogens with one attached hydrogen (secondary N) is 1. The van der Waals surface area contributed by atoms with Gasteiger partial charge in [-0.25, -0.2) is 22.0 Å². The molecular formula is C21H19BrClN3O5S2. The van der Waals surface area contributed by atoms with Crippen molar-refractivity contribution >= 4 is 59.2 Å². The Kier molecular flexibility index (Phi) is 7.93. The lowest BCUT2D eigenvalue weighted by Crippen LogP contribution is -2.37. The molecule has 0 aliphatic carbocycles. The van der Waals surface area contributed by atoms with Crippen LogP contribution in [0.2, 0.25) is 5.02 Å². The number of rotatable bonds is 8. The predicted octanol–water partition coefficient (Wildman–Crippen LogP) is 3.58. The number of nitrogens with zero attached hydrogens (tertiary/aromatic N) is 1. The minimum Gasteiger partial charge on any atom is -0.325 e. The third-order valence-electron chi connectivity index (χ3n) is 4.51. The second-order valence-electron chi connectivity index (χ2n) is 6.97. The average Bonchev–Trinajstić information content (AvgIpc) is 2.75. The van der Waals surface area contributed by atoms with Crippen molar-refractivity contribution in [3.8, 4) is 0 Å². The van der Waals surface area contributed by atoms with Crippen molar-refractivity contribution in [1.82, 2.24) is 4.31 Å². The summed E-state index contributed by atoms with van der Waals surface area (Å²) in [7, 11) is -7.89. The van der Waals surface area contributed by atoms with Gasteiger partial charge in [-0.05, 0) is 66.2 Å². The number of hydrogen-bond acceptors (Lipinski definition) is 5. The van der Waals surface area contributed by atoms with E-state index < -0.39 is 32.5 Å². The molecule has 0 heterocycles. The van der Waals surface area contributed by atoms with Crippen LogP contribution in [0.25, 0.3) is 0 Å². The van der Waals surface area contributed by atoms with Crippen LogP contribution in [0.3, 0.4) is 0 Å². The number of benzene rings is 3. The Morgan fingerprint density at radius 2 is 1.42 bits per heavy atom. The molecule has 0 radical (unpaired) electrons. The van der Waals surface area contributed by atoms with Crippen LogP contribution in [0.4, 0.5) is 5.69 Å². The van der Waals surface area contributed by atoms with E-state index in [0.717, 1.165) is 4.31 Å². The molecule has 1 amide bonds. The second kappa shape index (κ2) is 10.3. The van der Waals surface area contributed by atoms with Crippen LogP contribution in [-0.4, -0.2) is 33.6 Å². The fourth-order valence-electron chi connectivity index (χ4n) is 2.86. The molecule has 0 unspecified atom stereocenters. The van der Waals surface area contributed by atoms with Crippen molar-refractivity contribution in [1.29, 1.82) is 0 Å². The molecule has 174 valence electrons. The summed E-state index contributed by atoms with van der Waals surface area (Å²) in [6, 6.07) is 17.9. The number of anilines is 1. The number of amides is 1. The number of halogens is 2. The van der Waals surface area contributed by atoms with Gasteiger partial charge in [-0.2, -0.15) is 4.31 Å². The van der Waals surface area contributed by atoms with E-state index in [0.29, 0.717) is 20.7 Å². The van der Waals surface area contributed by atoms with Crippen molar-refractivity contribution in [2.75, 3.05) is 11.9 Å². The summed E-state index contributed by atoms with van der Waals surface area (Å²) in [6.07, 6.45) is 0. The second-order valence-corrected chi connectivity index (χ2v) is 11.8. The molecule has 3 N–H and O–H groups in total. The fraction of sp³-hybridized carbons (Fsp3) is 0.0952. The van der Waals surface area contributed by atoms with Crippen molar-refractivity contribution in [2.45, 2.75) is 16.3 Å². The number of primary sulfonamides is 1. The van der Waals surface area contributed by atoms with E-state index in [1.807, 2.05) is 0 Å². The summed E-state index contributed by atoms with van der Waals surface area (Å²) in [5.41, 5.74) is 0.935. The quantitative estimate of drug-likeness (QED) is 0.427. The molecule has 0 atom stereocenters. The number of carbonyl (C=O) groups excluding carboxylic acids is 1. The van der Waals surface area contributed by atoms with Crippen LogP contribution in [0.15, 0.2) is 87.1 Å². The molecule has 0 saturated heterocycles. The highest BCUT2D eigenvalue weighted by Crippen LogP contribution is 2.22. The molecule has 0 fully saturated rings. The molecule has 0 aromatic heterocycles. The smallest absolute Gasteiger partial charge is 0.243 e. The van der Waals surface area contributed by atoms with Gasteiger partial charge in [0.05, 0.1) is 16.3 Å². The van der Waals surface area contributed by atoms with Gasteiger partial charge in [0, 0.05) is 21.7 Å². The molecule has 0 saturated carbocycles. The first-order valence-corrected chi connectivity index (χ1v) is 13.5. The van der Waals surface area contributed by atoms with Crippen molar-refractivity contribution in [3.63, 3.8) is 0 Å². The molecule has 0 aliphatic rings. The third-order valence-corrected chi connectivity index (χ3v) is 8.03. The van der Waals surface area contributed by atoms with E-state index in [1.165, 1.54) is 36.4 Å². The Labute approximate surface area is 205 Å². The lowest BCUT2D eigenvalue weighted by molar-refractivity contribution is -0.116. The largest absolute Gasteiger partial charge is 0.325 e. The molecule has 0 spiro atoms. The number of nitrogens with two attached hydrogens (primary N) is 1. The normalized spacial score (nSPS) is 12.0. The molecule has 3 rings (SSSR count). The maximum atomic E-state index is 13.3. The SMILES string of the molecule is NS(=O)(=O)c1ccc(NC(=O)CN(Cc2ccc(Cl)cc2)S(=O)(=O)c2ccc(Br)cc2)cc1. The fourth-order valence-corrected chi connectivity index (χ4v) is 5.15. The third kappa shape index (κ3) is 6.85. The molecular weight excluding hydrogens is 554 g/mol. The Balaban J connectivity index is 1.84. The van der Waals surface area contributed by atoms with E-state index in [2.05, 4.69) is 21.2 Å². The average molecular weight is 573 g/mol. The Morgan fingerprint density at radius 3 is 1.97 bits per heavy atom. The first-order valence-electron chi connectivity index (χ1n) is 9.38. The first-order chi connectivity index (χ1) is 15.4. The number of carbonyl (C=O) groups is 1. The van der Waals surface area contributed by atoms with Gasteiger partial charge >= 0.3 is 0 Å². The molecule has 0 aliphatic heterocycles. The van der Waals surface area contributed by atoms with Gasteiger partial charge in [-0.15, -0.1) is 0 Å². The van der Waals surface area contributed by atoms with E-state index in [4.69, 9.17) is 16.7 Å². The summed E-state index contributed by atoms with van der Waals surface area (Å²) in [5.74, 6) is -0.604. The number of hydrogen-bond donors (Lipinski definition) is 2. The zero-order valence-electron chi connectivity index (χ0n) is 17.0. The highest BCUT2D eigenvalue weighted by Gasteiger charge is 2.27. The summed E-state index contributed by atoms with van der Waals surface area (Å²) in [6.45, 7) is -0.536. The van der Waals surface area contributed by atoms with Crippen molar-refractivity contribution in [3.05, 3.63) is 87.9 Å².